The lowest BCUT2D eigenvalue weighted by Gasteiger charge is -2.26. The van der Waals surface area contributed by atoms with Gasteiger partial charge < -0.3 is 15.5 Å². The van der Waals surface area contributed by atoms with Crippen molar-refractivity contribution in [2.24, 2.45) is 10.9 Å². The molecule has 1 aromatic rings. The molecule has 1 aliphatic rings. The lowest BCUT2D eigenvalue weighted by molar-refractivity contribution is 0.215. The monoisotopic (exact) mass is 224 g/mol. The molecule has 16 heavy (non-hydrogen) atoms. The molecule has 1 aromatic heterocycles. The van der Waals surface area contributed by atoms with Gasteiger partial charge in [-0.25, -0.2) is 0 Å². The highest BCUT2D eigenvalue weighted by atomic mass is 16.4. The molecule has 0 saturated heterocycles. The van der Waals surface area contributed by atoms with Crippen LogP contribution in [0.2, 0.25) is 0 Å². The molecule has 0 atom stereocenters. The number of aromatic nitrogens is 3. The minimum Gasteiger partial charge on any atom is -0.409 e. The Labute approximate surface area is 93.6 Å². The summed E-state index contributed by atoms with van der Waals surface area (Å²) >= 11 is 0. The molecule has 7 heteroatoms. The third-order valence-corrected chi connectivity index (χ3v) is 2.75. The van der Waals surface area contributed by atoms with Gasteiger partial charge in [-0.2, -0.15) is 0 Å². The van der Waals surface area contributed by atoms with Crippen molar-refractivity contribution in [3.8, 4) is 0 Å². The first-order chi connectivity index (χ1) is 7.79. The molecular weight excluding hydrogens is 208 g/mol. The zero-order chi connectivity index (χ0) is 11.4. The fourth-order valence-corrected chi connectivity index (χ4v) is 1.84. The van der Waals surface area contributed by atoms with E-state index in [1.807, 2.05) is 0 Å². The van der Waals surface area contributed by atoms with Gasteiger partial charge in [0.15, 0.2) is 0 Å². The summed E-state index contributed by atoms with van der Waals surface area (Å²) in [7, 11) is 0. The molecule has 7 nitrogen and oxygen atoms in total. The van der Waals surface area contributed by atoms with E-state index >= 15 is 0 Å². The summed E-state index contributed by atoms with van der Waals surface area (Å²) in [6.45, 7) is 3.70. The first-order valence-electron chi connectivity index (χ1n) is 5.35. The maximum Gasteiger partial charge on any atom is 0.147 e. The van der Waals surface area contributed by atoms with E-state index < -0.39 is 0 Å². The van der Waals surface area contributed by atoms with Crippen molar-refractivity contribution in [2.75, 3.05) is 13.1 Å². The highest BCUT2D eigenvalue weighted by Gasteiger charge is 2.16. The maximum atomic E-state index is 8.40. The second-order valence-corrected chi connectivity index (χ2v) is 3.91. The number of fused-ring (bicyclic) bond motifs is 1. The fraction of sp³-hybridized carbons (Fsp3) is 0.667. The van der Waals surface area contributed by atoms with Crippen LogP contribution in [0.5, 0.6) is 0 Å². The molecule has 0 aromatic carbocycles. The number of hydrogen-bond acceptors (Lipinski definition) is 5. The van der Waals surface area contributed by atoms with Gasteiger partial charge in [0.2, 0.25) is 0 Å². The Morgan fingerprint density at radius 3 is 3.25 bits per heavy atom. The van der Waals surface area contributed by atoms with Gasteiger partial charge in [0.1, 0.15) is 18.0 Å². The van der Waals surface area contributed by atoms with Crippen molar-refractivity contribution in [2.45, 2.75) is 25.9 Å². The Kier molecular flexibility index (Phi) is 3.35. The second-order valence-electron chi connectivity index (χ2n) is 3.91. The Morgan fingerprint density at radius 2 is 2.44 bits per heavy atom. The Bertz CT molecular complexity index is 374. The first kappa shape index (κ1) is 10.9. The fourth-order valence-electron chi connectivity index (χ4n) is 1.84. The summed E-state index contributed by atoms with van der Waals surface area (Å²) in [5.74, 6) is 1.30. The zero-order valence-corrected chi connectivity index (χ0v) is 9.08. The number of oxime groups is 1. The first-order valence-corrected chi connectivity index (χ1v) is 5.35. The van der Waals surface area contributed by atoms with Crippen molar-refractivity contribution in [3.05, 3.63) is 12.2 Å². The van der Waals surface area contributed by atoms with Crippen molar-refractivity contribution < 1.29 is 5.21 Å². The molecule has 0 bridgehead atoms. The van der Waals surface area contributed by atoms with Crippen LogP contribution in [0.1, 0.15) is 18.7 Å². The van der Waals surface area contributed by atoms with Crippen LogP contribution in [0, 0.1) is 0 Å². The Balaban J connectivity index is 1.77. The number of nitrogens with zero attached hydrogens (tertiary/aromatic N) is 5. The molecule has 0 radical (unpaired) electrons. The van der Waals surface area contributed by atoms with Crippen LogP contribution in [-0.4, -0.2) is 43.8 Å². The van der Waals surface area contributed by atoms with E-state index in [0.29, 0.717) is 12.3 Å². The van der Waals surface area contributed by atoms with Crippen LogP contribution in [0.15, 0.2) is 11.5 Å². The molecular formula is C9H16N6O. The summed E-state index contributed by atoms with van der Waals surface area (Å²) < 4.78 is 2.07. The summed E-state index contributed by atoms with van der Waals surface area (Å²) in [6.07, 6.45) is 3.28. The van der Waals surface area contributed by atoms with Gasteiger partial charge in [-0.05, 0) is 13.0 Å². The second kappa shape index (κ2) is 4.93. The molecule has 0 amide bonds. The minimum absolute atomic E-state index is 0.292. The molecule has 0 aliphatic carbocycles. The van der Waals surface area contributed by atoms with E-state index in [1.165, 1.54) is 0 Å². The summed E-state index contributed by atoms with van der Waals surface area (Å²) in [5.41, 5.74) is 5.40. The number of rotatable bonds is 4. The van der Waals surface area contributed by atoms with Crippen LogP contribution < -0.4 is 5.73 Å². The van der Waals surface area contributed by atoms with Gasteiger partial charge in [-0.3, -0.25) is 4.90 Å². The zero-order valence-electron chi connectivity index (χ0n) is 9.08. The molecule has 3 N–H and O–H groups in total. The highest BCUT2D eigenvalue weighted by molar-refractivity contribution is 5.79. The largest absolute Gasteiger partial charge is 0.409 e. The molecule has 2 heterocycles. The highest BCUT2D eigenvalue weighted by Crippen LogP contribution is 2.09. The van der Waals surface area contributed by atoms with Crippen LogP contribution in [-0.2, 0) is 13.1 Å². The third kappa shape index (κ3) is 2.48. The predicted octanol–water partition coefficient (Wildman–Crippen LogP) is -0.380. The van der Waals surface area contributed by atoms with Gasteiger partial charge in [0, 0.05) is 19.5 Å². The van der Waals surface area contributed by atoms with E-state index in [2.05, 4.69) is 24.8 Å². The van der Waals surface area contributed by atoms with Crippen LogP contribution in [0.3, 0.4) is 0 Å². The molecule has 0 saturated carbocycles. The molecule has 0 fully saturated rings. The molecule has 88 valence electrons. The van der Waals surface area contributed by atoms with Crippen molar-refractivity contribution in [1.82, 2.24) is 19.7 Å². The van der Waals surface area contributed by atoms with Crippen molar-refractivity contribution in [1.29, 1.82) is 0 Å². The topological polar surface area (TPSA) is 92.6 Å². The smallest absolute Gasteiger partial charge is 0.147 e. The van der Waals surface area contributed by atoms with E-state index in [9.17, 15) is 0 Å². The van der Waals surface area contributed by atoms with Crippen LogP contribution in [0.25, 0.3) is 0 Å². The number of hydrogen-bond donors (Lipinski definition) is 2. The standard InChI is InChI=1S/C9H16N6O/c10-8(13-16)2-1-3-14-4-5-15-7-11-12-9(15)6-14/h7,16H,1-6H2,(H2,10,13). The Hall–Kier alpha value is -1.63. The molecule has 0 unspecified atom stereocenters. The van der Waals surface area contributed by atoms with E-state index in [1.54, 1.807) is 6.33 Å². The van der Waals surface area contributed by atoms with Gasteiger partial charge in [0.05, 0.1) is 6.54 Å². The predicted molar refractivity (Wildman–Crippen MR) is 57.9 cm³/mol. The summed E-state index contributed by atoms with van der Waals surface area (Å²) in [6, 6.07) is 0. The normalized spacial score (nSPS) is 17.4. The average molecular weight is 224 g/mol. The summed E-state index contributed by atoms with van der Waals surface area (Å²) in [4.78, 5) is 2.30. The number of amidine groups is 1. The molecule has 2 rings (SSSR count). The van der Waals surface area contributed by atoms with Crippen LogP contribution in [0.4, 0.5) is 0 Å². The molecule has 0 spiro atoms. The van der Waals surface area contributed by atoms with Gasteiger partial charge in [0.25, 0.3) is 0 Å². The van der Waals surface area contributed by atoms with Gasteiger partial charge in [-0.1, -0.05) is 5.16 Å². The maximum absolute atomic E-state index is 8.40. The van der Waals surface area contributed by atoms with E-state index in [4.69, 9.17) is 10.9 Å². The van der Waals surface area contributed by atoms with Crippen LogP contribution >= 0.6 is 0 Å². The third-order valence-electron chi connectivity index (χ3n) is 2.75. The summed E-state index contributed by atoms with van der Waals surface area (Å²) in [5, 5.41) is 19.3. The van der Waals surface area contributed by atoms with Gasteiger partial charge in [-0.15, -0.1) is 10.2 Å². The van der Waals surface area contributed by atoms with Crippen molar-refractivity contribution >= 4 is 5.84 Å². The van der Waals surface area contributed by atoms with Crippen molar-refractivity contribution in [3.63, 3.8) is 0 Å². The molecule has 1 aliphatic heterocycles. The minimum atomic E-state index is 0.292. The quantitative estimate of drug-likeness (QED) is 0.315. The van der Waals surface area contributed by atoms with Gasteiger partial charge >= 0.3 is 0 Å². The van der Waals surface area contributed by atoms with E-state index in [-0.39, 0.29) is 0 Å². The Morgan fingerprint density at radius 1 is 1.56 bits per heavy atom. The lowest BCUT2D eigenvalue weighted by Crippen LogP contribution is -2.34. The SMILES string of the molecule is NC(CCCN1CCn2cnnc2C1)=NO. The van der Waals surface area contributed by atoms with E-state index in [0.717, 1.165) is 38.4 Å². The number of nitrogens with two attached hydrogens (primary N) is 1. The average Bonchev–Trinajstić information content (AvgIpc) is 2.76. The lowest BCUT2D eigenvalue weighted by atomic mass is 10.2.